The van der Waals surface area contributed by atoms with Gasteiger partial charge in [0.15, 0.2) is 0 Å². The van der Waals surface area contributed by atoms with Crippen molar-refractivity contribution in [1.82, 2.24) is 9.80 Å². The molecule has 95 heavy (non-hydrogen) atoms. The van der Waals surface area contributed by atoms with Gasteiger partial charge in [-0.25, -0.2) is 24.0 Å². The van der Waals surface area contributed by atoms with Crippen molar-refractivity contribution in [2.45, 2.75) is 73.9 Å². The van der Waals surface area contributed by atoms with Crippen LogP contribution in [0.5, 0.6) is 0 Å². The van der Waals surface area contributed by atoms with Crippen LogP contribution in [0.1, 0.15) is 129 Å². The molecule has 7 aromatic rings. The number of esters is 3. The third-order valence-electron chi connectivity index (χ3n) is 14.0. The van der Waals surface area contributed by atoms with Gasteiger partial charge in [-0.15, -0.1) is 24.8 Å². The number of aryl methyl sites for hydroxylation is 6. The molecule has 1 heterocycles. The number of methoxy groups -OCH3 is 3. The van der Waals surface area contributed by atoms with Crippen LogP contribution in [-0.2, 0) is 26.9 Å². The van der Waals surface area contributed by atoms with Gasteiger partial charge in [0.1, 0.15) is 8.07 Å². The molecule has 8 rings (SSSR count). The Kier molecular flexibility index (Phi) is 32.4. The third kappa shape index (κ3) is 26.7. The first kappa shape index (κ1) is 80.2. The van der Waals surface area contributed by atoms with Gasteiger partial charge >= 0.3 is 36.0 Å². The Morgan fingerprint density at radius 3 is 1.25 bits per heavy atom. The van der Waals surface area contributed by atoms with Crippen LogP contribution in [0.25, 0.3) is 0 Å². The van der Waals surface area contributed by atoms with Crippen molar-refractivity contribution in [3.05, 3.63) is 235 Å². The van der Waals surface area contributed by atoms with Crippen molar-refractivity contribution >= 4 is 94.7 Å². The molecule has 0 spiro atoms. The number of carboxylic acid groups (broad SMARTS) is 2. The van der Waals surface area contributed by atoms with Gasteiger partial charge in [0, 0.05) is 73.4 Å². The number of amides is 1. The summed E-state index contributed by atoms with van der Waals surface area (Å²) in [5.74, 6) is 7.31. The summed E-state index contributed by atoms with van der Waals surface area (Å²) in [7, 11) is 4.72. The molecule has 0 radical (unpaired) electrons. The van der Waals surface area contributed by atoms with Crippen molar-refractivity contribution in [3.8, 4) is 48.5 Å². The molecule has 0 saturated carbocycles. The van der Waals surface area contributed by atoms with Crippen LogP contribution in [0.4, 0.5) is 18.9 Å². The van der Waals surface area contributed by atoms with Gasteiger partial charge in [-0.2, -0.15) is 13.2 Å². The quantitative estimate of drug-likeness (QED) is 0.0407. The van der Waals surface area contributed by atoms with Gasteiger partial charge in [-0.3, -0.25) is 9.69 Å². The summed E-state index contributed by atoms with van der Waals surface area (Å²) >= 11 is 4.31. The standard InChI is InChI=1S/C23H24F3N3O.C14H18O2Si.C11H10O2.C10H8O2.C9H9IO2.C8H7IO2/c1-4-17-13-18(6-5-16(17)2)22(30)27-20-8-7-19(21(14-20)23(24,25)26)15-29-11-9-28(3)10-12-29;1-11-6-7-13(14(15)16-2)10-12(11)8-9-17(3,4)5;1-4-9-7-10(11(12)13-3)6-5-8(9)2;1-3-8-6-9(10(11)12)5-4-7(8)2;1-6-3-4-7(5-8(6)10)9(11)12-2;1-5-2-3-6(8(10)11)4-7(5)9/h1,5-8,13-14H,9-12,15H2,2-3H3,(H,27,30);6-7,10H,1-5H3;1,5-7H,2-3H3;1,4-6H,2H3,(H,11,12);3-5H,1-2H3;2-4H,1H3,(H,10,11). The number of benzene rings is 7. The second-order valence-electron chi connectivity index (χ2n) is 22.5. The molecule has 1 amide bonds. The number of likely N-dealkylation sites (N-methyl/N-ethyl adjacent to an activating group) is 1. The summed E-state index contributed by atoms with van der Waals surface area (Å²) in [6.45, 7) is 21.4. The number of ether oxygens (including phenoxy) is 3. The first-order valence-electron chi connectivity index (χ1n) is 29.1. The lowest BCUT2D eigenvalue weighted by atomic mass is 10.0. The number of piperazine rings is 1. The Morgan fingerprint density at radius 1 is 0.516 bits per heavy atom. The lowest BCUT2D eigenvalue weighted by molar-refractivity contribution is -0.138. The summed E-state index contributed by atoms with van der Waals surface area (Å²) in [6.07, 6.45) is 11.4. The topological polar surface area (TPSA) is 189 Å². The van der Waals surface area contributed by atoms with E-state index in [1.165, 1.54) is 45.1 Å². The van der Waals surface area contributed by atoms with Crippen molar-refractivity contribution < 1.29 is 66.4 Å². The highest BCUT2D eigenvalue weighted by molar-refractivity contribution is 14.1. The summed E-state index contributed by atoms with van der Waals surface area (Å²) in [5, 5.41) is 19.8. The van der Waals surface area contributed by atoms with Crippen LogP contribution < -0.4 is 5.32 Å². The number of carbonyl (C=O) groups excluding carboxylic acids is 4. The summed E-state index contributed by atoms with van der Waals surface area (Å²) < 4.78 is 57.0. The normalized spacial score (nSPS) is 11.5. The highest BCUT2D eigenvalue weighted by Gasteiger charge is 2.34. The van der Waals surface area contributed by atoms with Gasteiger partial charge in [0.25, 0.3) is 5.91 Å². The molecule has 7 aromatic carbocycles. The smallest absolute Gasteiger partial charge is 0.416 e. The van der Waals surface area contributed by atoms with Crippen molar-refractivity contribution in [2.75, 3.05) is 59.9 Å². The van der Waals surface area contributed by atoms with E-state index in [0.29, 0.717) is 38.9 Å². The second-order valence-corrected chi connectivity index (χ2v) is 29.5. The maximum Gasteiger partial charge on any atom is 0.416 e. The minimum atomic E-state index is -4.51. The first-order valence-corrected chi connectivity index (χ1v) is 34.8. The van der Waals surface area contributed by atoms with Gasteiger partial charge in [0.05, 0.1) is 54.7 Å². The molecule has 0 aliphatic carbocycles. The molecule has 3 N–H and O–H groups in total. The molecular formula is C75H76F3I2N3O11Si. The third-order valence-corrected chi connectivity index (χ3v) is 17.2. The minimum absolute atomic E-state index is 0.0947. The maximum absolute atomic E-state index is 13.7. The number of terminal acetylenes is 3. The van der Waals surface area contributed by atoms with E-state index in [1.54, 1.807) is 78.9 Å². The zero-order chi connectivity index (χ0) is 71.5. The molecule has 14 nitrogen and oxygen atoms in total. The number of carbonyl (C=O) groups is 6. The zero-order valence-corrected chi connectivity index (χ0v) is 60.6. The van der Waals surface area contributed by atoms with Crippen LogP contribution in [0.2, 0.25) is 19.6 Å². The van der Waals surface area contributed by atoms with Gasteiger partial charge in [-0.05, 0) is 218 Å². The van der Waals surface area contributed by atoms with E-state index in [2.05, 4.69) is 114 Å². The number of hydrogen-bond donors (Lipinski definition) is 3. The van der Waals surface area contributed by atoms with E-state index in [0.717, 1.165) is 78.3 Å². The Morgan fingerprint density at radius 2 is 0.863 bits per heavy atom. The van der Waals surface area contributed by atoms with Crippen LogP contribution >= 0.6 is 45.2 Å². The molecule has 1 saturated heterocycles. The monoisotopic (exact) mass is 1530 g/mol. The molecule has 0 unspecified atom stereocenters. The fourth-order valence-corrected chi connectivity index (χ4v) is 9.72. The highest BCUT2D eigenvalue weighted by atomic mass is 127. The van der Waals surface area contributed by atoms with E-state index in [9.17, 15) is 41.9 Å². The Hall–Kier alpha value is -9.01. The second kappa shape index (κ2) is 38.4. The fraction of sp³-hybridized carbons (Fsp3) is 0.253. The predicted molar refractivity (Wildman–Crippen MR) is 387 cm³/mol. The van der Waals surface area contributed by atoms with Crippen LogP contribution in [0.3, 0.4) is 0 Å². The summed E-state index contributed by atoms with van der Waals surface area (Å²) in [6, 6.07) is 34.8. The Balaban J connectivity index is 0.000000313. The molecule has 1 aliphatic heterocycles. The Bertz CT molecular complexity index is 4120. The molecular weight excluding hydrogens is 1460 g/mol. The van der Waals surface area contributed by atoms with Gasteiger partial charge in [-0.1, -0.05) is 85.8 Å². The predicted octanol–water partition coefficient (Wildman–Crippen LogP) is 15.1. The number of halogens is 5. The maximum atomic E-state index is 13.7. The molecule has 20 heteroatoms. The van der Waals surface area contributed by atoms with E-state index < -0.39 is 37.7 Å². The number of rotatable bonds is 9. The molecule has 0 aromatic heterocycles. The van der Waals surface area contributed by atoms with Gasteiger partial charge in [0.2, 0.25) is 0 Å². The van der Waals surface area contributed by atoms with Crippen molar-refractivity contribution in [1.29, 1.82) is 0 Å². The molecule has 1 fully saturated rings. The number of carboxylic acids is 2. The number of nitrogens with one attached hydrogen (secondary N) is 1. The number of alkyl halides is 3. The first-order chi connectivity index (χ1) is 44.6. The average molecular weight is 1530 g/mol. The van der Waals surface area contributed by atoms with Crippen LogP contribution in [0.15, 0.2) is 127 Å². The van der Waals surface area contributed by atoms with Crippen LogP contribution in [-0.4, -0.2) is 118 Å². The lowest BCUT2D eigenvalue weighted by Gasteiger charge is -2.33. The summed E-state index contributed by atoms with van der Waals surface area (Å²) in [4.78, 5) is 71.2. The number of anilines is 1. The number of nitrogens with zero attached hydrogens (tertiary/aromatic N) is 2. The van der Waals surface area contributed by atoms with E-state index in [4.69, 9.17) is 34.2 Å². The number of hydrogen-bond acceptors (Lipinski definition) is 11. The van der Waals surface area contributed by atoms with E-state index in [-0.39, 0.29) is 41.3 Å². The average Bonchev–Trinajstić information content (AvgIpc) is 0.819. The SMILES string of the molecule is C#Cc1cc(C(=O)Nc2ccc(CN3CCN(C)CC3)c(C(F)(F)F)c2)ccc1C.C#Cc1cc(C(=O)O)ccc1C.C#Cc1cc(C(=O)OC)ccc1C.COC(=O)c1ccc(C)c(C#C[Si](C)(C)C)c1.COC(=O)c1ccc(C)c(I)c1.Cc1ccc(C(=O)O)cc1I. The summed E-state index contributed by atoms with van der Waals surface area (Å²) in [5.41, 5.74) is 14.3. The molecule has 0 atom stereocenters. The van der Waals surface area contributed by atoms with Crippen molar-refractivity contribution in [3.63, 3.8) is 0 Å². The van der Waals surface area contributed by atoms with Gasteiger partial charge < -0.3 is 34.6 Å². The lowest BCUT2D eigenvalue weighted by Crippen LogP contribution is -2.44. The van der Waals surface area contributed by atoms with E-state index >= 15 is 0 Å². The van der Waals surface area contributed by atoms with Crippen LogP contribution in [0, 0.1) is 97.2 Å². The molecule has 496 valence electrons. The van der Waals surface area contributed by atoms with Crippen molar-refractivity contribution in [2.24, 2.45) is 0 Å². The highest BCUT2D eigenvalue weighted by Crippen LogP contribution is 2.35. The fourth-order valence-electron chi connectivity index (χ4n) is 8.18. The Labute approximate surface area is 583 Å². The number of aromatic carboxylic acids is 2. The molecule has 0 bridgehead atoms. The van der Waals surface area contributed by atoms with E-state index in [1.807, 2.05) is 77.8 Å². The zero-order valence-electron chi connectivity index (χ0n) is 55.2. The minimum Gasteiger partial charge on any atom is -0.478 e. The largest absolute Gasteiger partial charge is 0.478 e. The molecule has 1 aliphatic rings.